The molecule has 1 heterocycles. The average molecular weight is 205 g/mol. The molecule has 0 aromatic rings. The van der Waals surface area contributed by atoms with Crippen molar-refractivity contribution in [2.24, 2.45) is 5.84 Å². The molecule has 0 radical (unpaired) electrons. The van der Waals surface area contributed by atoms with E-state index in [2.05, 4.69) is 9.88 Å². The van der Waals surface area contributed by atoms with Gasteiger partial charge in [0.15, 0.2) is 0 Å². The molecule has 1 atom stereocenters. The Bertz CT molecular complexity index is 201. The Morgan fingerprint density at radius 2 is 2.36 bits per heavy atom. The number of carboxylic acids is 1. The first-order valence-electron chi connectivity index (χ1n) is 4.41. The van der Waals surface area contributed by atoms with Crippen LogP contribution in [0, 0.1) is 0 Å². The molecule has 0 spiro atoms. The molecule has 0 amide bonds. The Kier molecular flexibility index (Phi) is 4.23. The molecule has 7 nitrogen and oxygen atoms in total. The van der Waals surface area contributed by atoms with Crippen molar-refractivity contribution in [3.8, 4) is 0 Å². The monoisotopic (exact) mass is 205 g/mol. The summed E-state index contributed by atoms with van der Waals surface area (Å²) in [6, 6.07) is -0.635. The maximum Gasteiger partial charge on any atom is 0.322 e. The number of hydrazine groups is 2. The van der Waals surface area contributed by atoms with Gasteiger partial charge in [-0.25, -0.2) is 10.7 Å². The highest BCUT2D eigenvalue weighted by Crippen LogP contribution is 2.17. The van der Waals surface area contributed by atoms with Crippen molar-refractivity contribution in [3.05, 3.63) is 0 Å². The Morgan fingerprint density at radius 3 is 2.93 bits per heavy atom. The lowest BCUT2D eigenvalue weighted by molar-refractivity contribution is -0.476. The van der Waals surface area contributed by atoms with E-state index in [1.54, 1.807) is 0 Å². The van der Waals surface area contributed by atoms with Gasteiger partial charge in [0.1, 0.15) is 6.04 Å². The number of nitrogens with zero attached hydrogens (tertiary/aromatic N) is 2. The molecule has 1 aliphatic heterocycles. The topological polar surface area (TPSA) is 88.3 Å². The van der Waals surface area contributed by atoms with Crippen LogP contribution in [0.4, 0.5) is 0 Å². The van der Waals surface area contributed by atoms with Gasteiger partial charge in [0, 0.05) is 6.54 Å². The van der Waals surface area contributed by atoms with Crippen LogP contribution in [0.1, 0.15) is 19.3 Å². The van der Waals surface area contributed by atoms with Crippen molar-refractivity contribution < 1.29 is 19.8 Å². The molecule has 1 aliphatic rings. The maximum atomic E-state index is 10.9. The molecule has 0 aliphatic carbocycles. The van der Waals surface area contributed by atoms with Crippen LogP contribution in [0.2, 0.25) is 0 Å². The molecular formula is C7H15N3O4. The predicted molar refractivity (Wildman–Crippen MR) is 46.1 cm³/mol. The molecule has 7 heteroatoms. The number of nitrogens with two attached hydrogens (primary N) is 1. The highest BCUT2D eigenvalue weighted by Gasteiger charge is 2.32. The van der Waals surface area contributed by atoms with E-state index in [1.807, 2.05) is 0 Å². The number of piperidine rings is 1. The Hall–Kier alpha value is -0.730. The van der Waals surface area contributed by atoms with Crippen LogP contribution in [0.5, 0.6) is 0 Å². The number of hydrogen-bond donors (Lipinski definition) is 2. The summed E-state index contributed by atoms with van der Waals surface area (Å²) in [5.41, 5.74) is 0. The van der Waals surface area contributed by atoms with E-state index in [-0.39, 0.29) is 0 Å². The van der Waals surface area contributed by atoms with Gasteiger partial charge < -0.3 is 5.11 Å². The molecule has 0 aromatic heterocycles. The predicted octanol–water partition coefficient (Wildman–Crippen LogP) is -0.491. The molecule has 3 N–H and O–H groups in total. The largest absolute Gasteiger partial charge is 0.480 e. The summed E-state index contributed by atoms with van der Waals surface area (Å²) in [6.07, 6.45) is 2.34. The highest BCUT2D eigenvalue weighted by atomic mass is 17.3. The number of carbonyl (C=O) groups is 1. The molecular weight excluding hydrogens is 190 g/mol. The molecule has 0 bridgehead atoms. The van der Waals surface area contributed by atoms with Crippen molar-refractivity contribution in [3.63, 3.8) is 0 Å². The fourth-order valence-corrected chi connectivity index (χ4v) is 1.52. The van der Waals surface area contributed by atoms with Crippen LogP contribution >= 0.6 is 0 Å². The quantitative estimate of drug-likeness (QED) is 0.363. The van der Waals surface area contributed by atoms with Crippen molar-refractivity contribution in [2.75, 3.05) is 13.7 Å². The first-order valence-corrected chi connectivity index (χ1v) is 4.41. The fourth-order valence-electron chi connectivity index (χ4n) is 1.52. The van der Waals surface area contributed by atoms with Crippen LogP contribution < -0.4 is 5.84 Å². The summed E-state index contributed by atoms with van der Waals surface area (Å²) >= 11 is 0. The third kappa shape index (κ3) is 2.63. The van der Waals surface area contributed by atoms with E-state index in [0.717, 1.165) is 18.1 Å². The third-order valence-electron chi connectivity index (χ3n) is 2.16. The van der Waals surface area contributed by atoms with Crippen molar-refractivity contribution in [1.29, 1.82) is 0 Å². The summed E-state index contributed by atoms with van der Waals surface area (Å²) < 4.78 is 0. The molecule has 1 fully saturated rings. The maximum absolute atomic E-state index is 10.9. The van der Waals surface area contributed by atoms with Gasteiger partial charge in [0.2, 0.25) is 0 Å². The van der Waals surface area contributed by atoms with E-state index >= 15 is 0 Å². The summed E-state index contributed by atoms with van der Waals surface area (Å²) in [6.45, 7) is 0.552. The number of aliphatic carboxylic acids is 1. The van der Waals surface area contributed by atoms with Crippen molar-refractivity contribution in [2.45, 2.75) is 25.3 Å². The standard InChI is InChI=1S/C7H15N3O4/c1-13-14-10(8)9-5-3-2-4-6(9)7(11)12/h6H,2-5,8H2,1H3,(H,11,12). The second-order valence-electron chi connectivity index (χ2n) is 3.06. The summed E-state index contributed by atoms with van der Waals surface area (Å²) in [7, 11) is 1.31. The van der Waals surface area contributed by atoms with Crippen molar-refractivity contribution in [1.82, 2.24) is 10.3 Å². The van der Waals surface area contributed by atoms with Gasteiger partial charge >= 0.3 is 5.97 Å². The second kappa shape index (κ2) is 5.23. The Balaban J connectivity index is 2.57. The van der Waals surface area contributed by atoms with E-state index in [1.165, 1.54) is 12.1 Å². The van der Waals surface area contributed by atoms with Crippen LogP contribution in [-0.2, 0) is 14.7 Å². The lowest BCUT2D eigenvalue weighted by atomic mass is 10.0. The first-order chi connectivity index (χ1) is 6.66. The number of rotatable bonds is 4. The zero-order valence-corrected chi connectivity index (χ0v) is 8.05. The molecule has 0 aromatic carbocycles. The molecule has 1 rings (SSSR count). The average Bonchev–Trinajstić information content (AvgIpc) is 2.18. The van der Waals surface area contributed by atoms with Crippen LogP contribution in [0.25, 0.3) is 0 Å². The van der Waals surface area contributed by atoms with E-state index in [0.29, 0.717) is 13.0 Å². The third-order valence-corrected chi connectivity index (χ3v) is 2.16. The second-order valence-corrected chi connectivity index (χ2v) is 3.06. The minimum atomic E-state index is -0.903. The summed E-state index contributed by atoms with van der Waals surface area (Å²) in [4.78, 5) is 19.7. The smallest absolute Gasteiger partial charge is 0.322 e. The van der Waals surface area contributed by atoms with Gasteiger partial charge in [0.05, 0.1) is 7.11 Å². The Morgan fingerprint density at radius 1 is 1.64 bits per heavy atom. The first kappa shape index (κ1) is 11.3. The Labute approximate surface area is 81.8 Å². The van der Waals surface area contributed by atoms with Crippen LogP contribution in [-0.4, -0.2) is 41.1 Å². The van der Waals surface area contributed by atoms with Gasteiger partial charge in [-0.05, 0) is 24.5 Å². The summed E-state index contributed by atoms with van der Waals surface area (Å²) in [5, 5.41) is 11.2. The minimum Gasteiger partial charge on any atom is -0.480 e. The minimum absolute atomic E-state index is 0.552. The van der Waals surface area contributed by atoms with Gasteiger partial charge in [-0.15, -0.1) is 4.99 Å². The zero-order chi connectivity index (χ0) is 10.6. The lowest BCUT2D eigenvalue weighted by Crippen LogP contribution is -2.56. The number of carboxylic acid groups (broad SMARTS) is 1. The lowest BCUT2D eigenvalue weighted by Gasteiger charge is -2.35. The molecule has 14 heavy (non-hydrogen) atoms. The van der Waals surface area contributed by atoms with E-state index < -0.39 is 12.0 Å². The van der Waals surface area contributed by atoms with E-state index in [9.17, 15) is 4.79 Å². The van der Waals surface area contributed by atoms with Gasteiger partial charge in [-0.3, -0.25) is 4.79 Å². The molecule has 82 valence electrons. The van der Waals surface area contributed by atoms with Crippen molar-refractivity contribution >= 4 is 5.97 Å². The molecule has 1 unspecified atom stereocenters. The van der Waals surface area contributed by atoms with E-state index in [4.69, 9.17) is 10.9 Å². The van der Waals surface area contributed by atoms with Gasteiger partial charge in [0.25, 0.3) is 0 Å². The SMILES string of the molecule is COON(N)N1CCCCC1C(=O)O. The fraction of sp³-hybridized carbons (Fsp3) is 0.857. The van der Waals surface area contributed by atoms with Crippen LogP contribution in [0.15, 0.2) is 0 Å². The molecule has 1 saturated heterocycles. The number of hydrogen-bond acceptors (Lipinski definition) is 6. The highest BCUT2D eigenvalue weighted by molar-refractivity contribution is 5.73. The van der Waals surface area contributed by atoms with Gasteiger partial charge in [-0.1, -0.05) is 0 Å². The zero-order valence-electron chi connectivity index (χ0n) is 8.05. The van der Waals surface area contributed by atoms with Crippen LogP contribution in [0.3, 0.4) is 0 Å². The molecule has 0 saturated carbocycles. The summed E-state index contributed by atoms with van der Waals surface area (Å²) in [5.74, 6) is 4.53. The normalized spacial score (nSPS) is 24.1. The van der Waals surface area contributed by atoms with Gasteiger partial charge in [-0.2, -0.15) is 5.01 Å².